The summed E-state index contributed by atoms with van der Waals surface area (Å²) in [4.78, 5) is 22.8. The average Bonchev–Trinajstić information content (AvgIpc) is 2.56. The summed E-state index contributed by atoms with van der Waals surface area (Å²) < 4.78 is 20.6. The standard InChI is InChI=1S/C11H18O6/c1-7(12)16-11(4,9(13)14-5)8-6-15-10(2,3)17-8/h8H,6H2,1-5H3/t8-,11-/m1/s1. The van der Waals surface area contributed by atoms with E-state index in [2.05, 4.69) is 4.74 Å². The molecule has 2 atom stereocenters. The second-order valence-electron chi connectivity index (χ2n) is 4.51. The van der Waals surface area contributed by atoms with Crippen molar-refractivity contribution in [2.45, 2.75) is 45.2 Å². The normalized spacial score (nSPS) is 26.1. The summed E-state index contributed by atoms with van der Waals surface area (Å²) in [6.45, 7) is 6.28. The van der Waals surface area contributed by atoms with Gasteiger partial charge in [0.1, 0.15) is 6.10 Å². The molecule has 1 saturated heterocycles. The van der Waals surface area contributed by atoms with E-state index in [-0.39, 0.29) is 6.61 Å². The highest BCUT2D eigenvalue weighted by Gasteiger charge is 2.52. The zero-order valence-corrected chi connectivity index (χ0v) is 10.7. The van der Waals surface area contributed by atoms with Crippen LogP contribution in [0.15, 0.2) is 0 Å². The molecule has 0 aliphatic carbocycles. The predicted molar refractivity (Wildman–Crippen MR) is 57.1 cm³/mol. The van der Waals surface area contributed by atoms with Crippen molar-refractivity contribution in [3.8, 4) is 0 Å². The Balaban J connectivity index is 2.91. The summed E-state index contributed by atoms with van der Waals surface area (Å²) in [6.07, 6.45) is -0.686. The monoisotopic (exact) mass is 246 g/mol. The van der Waals surface area contributed by atoms with E-state index in [1.165, 1.54) is 21.0 Å². The van der Waals surface area contributed by atoms with Gasteiger partial charge in [0.05, 0.1) is 13.7 Å². The fraction of sp³-hybridized carbons (Fsp3) is 0.818. The lowest BCUT2D eigenvalue weighted by molar-refractivity contribution is -0.203. The highest BCUT2D eigenvalue weighted by Crippen LogP contribution is 2.32. The Kier molecular flexibility index (Phi) is 3.78. The molecule has 0 unspecified atom stereocenters. The van der Waals surface area contributed by atoms with Crippen LogP contribution in [-0.2, 0) is 28.5 Å². The quantitative estimate of drug-likeness (QED) is 0.680. The molecule has 0 N–H and O–H groups in total. The minimum absolute atomic E-state index is 0.159. The summed E-state index contributed by atoms with van der Waals surface area (Å²) in [5, 5.41) is 0. The van der Waals surface area contributed by atoms with E-state index < -0.39 is 29.4 Å². The van der Waals surface area contributed by atoms with Gasteiger partial charge in [-0.15, -0.1) is 0 Å². The minimum Gasteiger partial charge on any atom is -0.466 e. The largest absolute Gasteiger partial charge is 0.466 e. The maximum absolute atomic E-state index is 11.7. The predicted octanol–water partition coefficient (Wildman–Crippen LogP) is 0.633. The van der Waals surface area contributed by atoms with E-state index in [4.69, 9.17) is 14.2 Å². The van der Waals surface area contributed by atoms with Gasteiger partial charge in [-0.1, -0.05) is 0 Å². The summed E-state index contributed by atoms with van der Waals surface area (Å²) >= 11 is 0. The van der Waals surface area contributed by atoms with Crippen LogP contribution in [0.3, 0.4) is 0 Å². The van der Waals surface area contributed by atoms with Crippen LogP contribution in [0.25, 0.3) is 0 Å². The second kappa shape index (κ2) is 4.62. The van der Waals surface area contributed by atoms with Gasteiger partial charge in [0, 0.05) is 6.92 Å². The molecule has 0 bridgehead atoms. The SMILES string of the molecule is COC(=O)[C@](C)(OC(C)=O)[C@H]1COC(C)(C)O1. The minimum atomic E-state index is -1.49. The maximum Gasteiger partial charge on any atom is 0.352 e. The molecule has 0 amide bonds. The maximum atomic E-state index is 11.7. The molecule has 6 heteroatoms. The van der Waals surface area contributed by atoms with Gasteiger partial charge in [0.25, 0.3) is 0 Å². The lowest BCUT2D eigenvalue weighted by Crippen LogP contribution is -2.52. The van der Waals surface area contributed by atoms with Crippen molar-refractivity contribution in [1.29, 1.82) is 0 Å². The van der Waals surface area contributed by atoms with Gasteiger partial charge in [-0.25, -0.2) is 4.79 Å². The number of ether oxygens (including phenoxy) is 4. The number of carbonyl (C=O) groups excluding carboxylic acids is 2. The topological polar surface area (TPSA) is 71.1 Å². The Morgan fingerprint density at radius 1 is 1.41 bits per heavy atom. The van der Waals surface area contributed by atoms with Gasteiger partial charge >= 0.3 is 11.9 Å². The number of methoxy groups -OCH3 is 1. The number of rotatable bonds is 3. The third-order valence-corrected chi connectivity index (χ3v) is 2.57. The molecule has 6 nitrogen and oxygen atoms in total. The van der Waals surface area contributed by atoms with Gasteiger partial charge in [-0.2, -0.15) is 0 Å². The summed E-state index contributed by atoms with van der Waals surface area (Å²) in [5.41, 5.74) is -1.49. The van der Waals surface area contributed by atoms with Crippen molar-refractivity contribution in [2.24, 2.45) is 0 Å². The fourth-order valence-corrected chi connectivity index (χ4v) is 1.70. The van der Waals surface area contributed by atoms with Crippen molar-refractivity contribution >= 4 is 11.9 Å². The van der Waals surface area contributed by atoms with Gasteiger partial charge in [-0.3, -0.25) is 4.79 Å². The molecule has 1 rings (SSSR count). The molecule has 1 heterocycles. The molecule has 0 aromatic carbocycles. The average molecular weight is 246 g/mol. The molecule has 1 aliphatic heterocycles. The van der Waals surface area contributed by atoms with E-state index in [9.17, 15) is 9.59 Å². The Bertz CT molecular complexity index is 324. The Morgan fingerprint density at radius 2 is 2.00 bits per heavy atom. The molecule has 1 aliphatic rings. The van der Waals surface area contributed by atoms with Gasteiger partial charge < -0.3 is 18.9 Å². The first-order valence-corrected chi connectivity index (χ1v) is 5.31. The van der Waals surface area contributed by atoms with Crippen LogP contribution < -0.4 is 0 Å². The van der Waals surface area contributed by atoms with Gasteiger partial charge in [-0.05, 0) is 20.8 Å². The van der Waals surface area contributed by atoms with Gasteiger partial charge in [0.2, 0.25) is 5.60 Å². The first kappa shape index (κ1) is 13.9. The molecule has 0 aromatic rings. The molecule has 17 heavy (non-hydrogen) atoms. The van der Waals surface area contributed by atoms with Crippen molar-refractivity contribution in [3.05, 3.63) is 0 Å². The van der Waals surface area contributed by atoms with Gasteiger partial charge in [0.15, 0.2) is 5.79 Å². The van der Waals surface area contributed by atoms with Crippen molar-refractivity contribution in [3.63, 3.8) is 0 Å². The van der Waals surface area contributed by atoms with Crippen molar-refractivity contribution in [2.75, 3.05) is 13.7 Å². The molecule has 0 saturated carbocycles. The lowest BCUT2D eigenvalue weighted by Gasteiger charge is -2.31. The summed E-state index contributed by atoms with van der Waals surface area (Å²) in [6, 6.07) is 0. The third kappa shape index (κ3) is 2.95. The smallest absolute Gasteiger partial charge is 0.352 e. The van der Waals surface area contributed by atoms with Crippen LogP contribution >= 0.6 is 0 Å². The first-order chi connectivity index (χ1) is 7.71. The van der Waals surface area contributed by atoms with Crippen LogP contribution in [0.2, 0.25) is 0 Å². The molecule has 0 radical (unpaired) electrons. The zero-order valence-electron chi connectivity index (χ0n) is 10.7. The lowest BCUT2D eigenvalue weighted by atomic mass is 9.99. The van der Waals surface area contributed by atoms with E-state index >= 15 is 0 Å². The number of carbonyl (C=O) groups is 2. The molecule has 0 spiro atoms. The van der Waals surface area contributed by atoms with Crippen LogP contribution in [-0.4, -0.2) is 43.1 Å². The third-order valence-electron chi connectivity index (χ3n) is 2.57. The Morgan fingerprint density at radius 3 is 2.35 bits per heavy atom. The Labute approximate surface area is 100 Å². The van der Waals surface area contributed by atoms with Crippen LogP contribution in [0.5, 0.6) is 0 Å². The van der Waals surface area contributed by atoms with Crippen molar-refractivity contribution in [1.82, 2.24) is 0 Å². The van der Waals surface area contributed by atoms with E-state index in [1.54, 1.807) is 13.8 Å². The zero-order chi connectivity index (χ0) is 13.3. The Hall–Kier alpha value is -1.14. The van der Waals surface area contributed by atoms with Crippen LogP contribution in [0, 0.1) is 0 Å². The summed E-state index contributed by atoms with van der Waals surface area (Å²) in [5.74, 6) is -2.05. The fourth-order valence-electron chi connectivity index (χ4n) is 1.70. The molecular weight excluding hydrogens is 228 g/mol. The highest BCUT2D eigenvalue weighted by atomic mass is 16.8. The molecular formula is C11H18O6. The molecule has 0 aromatic heterocycles. The highest BCUT2D eigenvalue weighted by molar-refractivity contribution is 5.83. The van der Waals surface area contributed by atoms with E-state index in [1.807, 2.05) is 0 Å². The molecule has 1 fully saturated rings. The number of hydrogen-bond donors (Lipinski definition) is 0. The van der Waals surface area contributed by atoms with Crippen LogP contribution in [0.4, 0.5) is 0 Å². The number of hydrogen-bond acceptors (Lipinski definition) is 6. The summed E-state index contributed by atoms with van der Waals surface area (Å²) in [7, 11) is 1.23. The van der Waals surface area contributed by atoms with Crippen LogP contribution in [0.1, 0.15) is 27.7 Å². The first-order valence-electron chi connectivity index (χ1n) is 5.31. The second-order valence-corrected chi connectivity index (χ2v) is 4.51. The van der Waals surface area contributed by atoms with E-state index in [0.29, 0.717) is 0 Å². The van der Waals surface area contributed by atoms with E-state index in [0.717, 1.165) is 0 Å². The number of esters is 2. The molecule has 98 valence electrons. The van der Waals surface area contributed by atoms with Crippen molar-refractivity contribution < 1.29 is 28.5 Å².